The average molecular weight is 251 g/mol. The smallest absolute Gasteiger partial charge is 0.254 e. The number of hydrogen-bond acceptors (Lipinski definition) is 4. The fraction of sp³-hybridized carbons (Fsp3) is 0.0909. The highest BCUT2D eigenvalue weighted by Gasteiger charge is 2.11. The molecular formula is C11H10FN3OS. The second-order valence-corrected chi connectivity index (χ2v) is 4.36. The first-order valence-corrected chi connectivity index (χ1v) is 5.75. The van der Waals surface area contributed by atoms with E-state index in [0.717, 1.165) is 10.9 Å². The van der Waals surface area contributed by atoms with Gasteiger partial charge in [0.25, 0.3) is 5.91 Å². The van der Waals surface area contributed by atoms with Gasteiger partial charge in [-0.1, -0.05) is 0 Å². The highest BCUT2D eigenvalue weighted by molar-refractivity contribution is 7.09. The van der Waals surface area contributed by atoms with Crippen molar-refractivity contribution in [2.24, 2.45) is 0 Å². The molecule has 0 aliphatic heterocycles. The van der Waals surface area contributed by atoms with Crippen LogP contribution in [0, 0.1) is 5.82 Å². The van der Waals surface area contributed by atoms with Crippen LogP contribution in [0.4, 0.5) is 10.1 Å². The summed E-state index contributed by atoms with van der Waals surface area (Å²) in [5.41, 5.74) is 7.36. The number of nitrogen functional groups attached to an aromatic ring is 1. The predicted octanol–water partition coefficient (Wildman–Crippen LogP) is 1.79. The summed E-state index contributed by atoms with van der Waals surface area (Å²) in [6.45, 7) is 0.341. The van der Waals surface area contributed by atoms with Crippen molar-refractivity contribution in [3.63, 3.8) is 0 Å². The standard InChI is InChI=1S/C11H10FN3OS/c12-10-3-7(13)1-2-9(10)11(16)15-5-8-4-14-6-17-8/h1-4,6H,5,13H2,(H,15,16). The molecule has 0 fully saturated rings. The minimum absolute atomic E-state index is 0.0104. The van der Waals surface area contributed by atoms with E-state index in [1.165, 1.54) is 23.5 Å². The Balaban J connectivity index is 2.04. The summed E-state index contributed by atoms with van der Waals surface area (Å²) < 4.78 is 13.4. The van der Waals surface area contributed by atoms with Crippen LogP contribution in [0.2, 0.25) is 0 Å². The molecule has 1 aromatic carbocycles. The number of nitrogens with one attached hydrogen (secondary N) is 1. The maximum absolute atomic E-state index is 13.4. The van der Waals surface area contributed by atoms with E-state index in [1.807, 2.05) is 0 Å². The molecular weight excluding hydrogens is 241 g/mol. The lowest BCUT2D eigenvalue weighted by Gasteiger charge is -2.05. The van der Waals surface area contributed by atoms with E-state index in [9.17, 15) is 9.18 Å². The van der Waals surface area contributed by atoms with Crippen LogP contribution in [0.15, 0.2) is 29.9 Å². The van der Waals surface area contributed by atoms with Crippen molar-refractivity contribution in [2.45, 2.75) is 6.54 Å². The first-order valence-electron chi connectivity index (χ1n) is 4.87. The molecule has 0 saturated carbocycles. The van der Waals surface area contributed by atoms with Gasteiger partial charge in [0.05, 0.1) is 17.6 Å². The number of thiazole rings is 1. The molecule has 0 radical (unpaired) electrons. The fourth-order valence-corrected chi connectivity index (χ4v) is 1.84. The van der Waals surface area contributed by atoms with Crippen LogP contribution in [0.5, 0.6) is 0 Å². The molecule has 2 rings (SSSR count). The van der Waals surface area contributed by atoms with Gasteiger partial charge in [-0.3, -0.25) is 9.78 Å². The number of hydrogen-bond donors (Lipinski definition) is 2. The molecule has 2 aromatic rings. The normalized spacial score (nSPS) is 10.2. The lowest BCUT2D eigenvalue weighted by molar-refractivity contribution is 0.0947. The van der Waals surface area contributed by atoms with Crippen molar-refractivity contribution in [1.29, 1.82) is 0 Å². The van der Waals surface area contributed by atoms with Gasteiger partial charge in [-0.2, -0.15) is 0 Å². The fourth-order valence-electron chi connectivity index (χ4n) is 1.31. The Bertz CT molecular complexity index is 528. The van der Waals surface area contributed by atoms with Crippen molar-refractivity contribution < 1.29 is 9.18 Å². The molecule has 0 unspecified atom stereocenters. The third kappa shape index (κ3) is 2.79. The molecule has 0 aliphatic carbocycles. The summed E-state index contributed by atoms with van der Waals surface area (Å²) in [4.78, 5) is 16.5. The van der Waals surface area contributed by atoms with Crippen LogP contribution in [0.1, 0.15) is 15.2 Å². The molecule has 0 bridgehead atoms. The Hall–Kier alpha value is -1.95. The zero-order valence-electron chi connectivity index (χ0n) is 8.81. The second kappa shape index (κ2) is 4.92. The number of amides is 1. The zero-order valence-corrected chi connectivity index (χ0v) is 9.63. The molecule has 17 heavy (non-hydrogen) atoms. The highest BCUT2D eigenvalue weighted by atomic mass is 32.1. The molecule has 6 heteroatoms. The lowest BCUT2D eigenvalue weighted by Crippen LogP contribution is -2.23. The van der Waals surface area contributed by atoms with Crippen LogP contribution in [-0.2, 0) is 6.54 Å². The number of carbonyl (C=O) groups excluding carboxylic acids is 1. The quantitative estimate of drug-likeness (QED) is 0.817. The van der Waals surface area contributed by atoms with Crippen LogP contribution in [0.25, 0.3) is 0 Å². The Morgan fingerprint density at radius 2 is 2.35 bits per heavy atom. The minimum atomic E-state index is -0.619. The van der Waals surface area contributed by atoms with Crippen LogP contribution in [0.3, 0.4) is 0 Å². The summed E-state index contributed by atoms with van der Waals surface area (Å²) in [6.07, 6.45) is 1.66. The Labute approximate surface area is 101 Å². The zero-order chi connectivity index (χ0) is 12.3. The molecule has 0 saturated heterocycles. The van der Waals surface area contributed by atoms with Crippen molar-refractivity contribution in [3.05, 3.63) is 46.2 Å². The van der Waals surface area contributed by atoms with E-state index in [0.29, 0.717) is 12.2 Å². The van der Waals surface area contributed by atoms with E-state index in [-0.39, 0.29) is 5.56 Å². The molecule has 0 aliphatic rings. The van der Waals surface area contributed by atoms with Gasteiger partial charge < -0.3 is 11.1 Å². The second-order valence-electron chi connectivity index (χ2n) is 3.39. The average Bonchev–Trinajstić information content (AvgIpc) is 2.78. The molecule has 0 atom stereocenters. The maximum atomic E-state index is 13.4. The van der Waals surface area contributed by atoms with E-state index >= 15 is 0 Å². The van der Waals surface area contributed by atoms with Crippen molar-refractivity contribution >= 4 is 22.9 Å². The number of halogens is 1. The van der Waals surface area contributed by atoms with Gasteiger partial charge in [0.1, 0.15) is 5.82 Å². The molecule has 4 nitrogen and oxygen atoms in total. The number of rotatable bonds is 3. The van der Waals surface area contributed by atoms with Crippen LogP contribution < -0.4 is 11.1 Å². The molecule has 0 spiro atoms. The summed E-state index contributed by atoms with van der Waals surface area (Å²) in [7, 11) is 0. The molecule has 1 amide bonds. The number of benzene rings is 1. The lowest BCUT2D eigenvalue weighted by atomic mass is 10.2. The molecule has 88 valence electrons. The van der Waals surface area contributed by atoms with Gasteiger partial charge in [-0.25, -0.2) is 4.39 Å². The van der Waals surface area contributed by atoms with Crippen LogP contribution >= 0.6 is 11.3 Å². The van der Waals surface area contributed by atoms with E-state index in [2.05, 4.69) is 10.3 Å². The van der Waals surface area contributed by atoms with Gasteiger partial charge in [0.15, 0.2) is 0 Å². The number of anilines is 1. The van der Waals surface area contributed by atoms with Gasteiger partial charge >= 0.3 is 0 Å². The Kier molecular flexibility index (Phi) is 3.34. The summed E-state index contributed by atoms with van der Waals surface area (Å²) in [5, 5.41) is 2.61. The monoisotopic (exact) mass is 251 g/mol. The Morgan fingerprint density at radius 1 is 1.53 bits per heavy atom. The third-order valence-corrected chi connectivity index (χ3v) is 2.92. The van der Waals surface area contributed by atoms with E-state index in [1.54, 1.807) is 11.7 Å². The highest BCUT2D eigenvalue weighted by Crippen LogP contribution is 2.12. The van der Waals surface area contributed by atoms with Crippen molar-refractivity contribution in [2.75, 3.05) is 5.73 Å². The summed E-state index contributed by atoms with van der Waals surface area (Å²) >= 11 is 1.43. The molecule has 1 aromatic heterocycles. The number of nitrogens with zero attached hydrogens (tertiary/aromatic N) is 1. The minimum Gasteiger partial charge on any atom is -0.399 e. The van der Waals surface area contributed by atoms with Gasteiger partial charge in [0, 0.05) is 16.8 Å². The third-order valence-electron chi connectivity index (χ3n) is 2.14. The van der Waals surface area contributed by atoms with E-state index in [4.69, 9.17) is 5.73 Å². The SMILES string of the molecule is Nc1ccc(C(=O)NCc2cncs2)c(F)c1. The van der Waals surface area contributed by atoms with Crippen LogP contribution in [-0.4, -0.2) is 10.9 Å². The maximum Gasteiger partial charge on any atom is 0.254 e. The van der Waals surface area contributed by atoms with Crippen molar-refractivity contribution in [3.8, 4) is 0 Å². The summed E-state index contributed by atoms with van der Waals surface area (Å²) in [5.74, 6) is -1.08. The number of nitrogens with two attached hydrogens (primary N) is 1. The predicted molar refractivity (Wildman–Crippen MR) is 64.1 cm³/mol. The first-order chi connectivity index (χ1) is 8.16. The summed E-state index contributed by atoms with van der Waals surface area (Å²) in [6, 6.07) is 3.99. The van der Waals surface area contributed by atoms with Gasteiger partial charge in [0.2, 0.25) is 0 Å². The molecule has 3 N–H and O–H groups in total. The number of carbonyl (C=O) groups is 1. The largest absolute Gasteiger partial charge is 0.399 e. The van der Waals surface area contributed by atoms with Gasteiger partial charge in [-0.15, -0.1) is 11.3 Å². The molecule has 1 heterocycles. The van der Waals surface area contributed by atoms with E-state index < -0.39 is 11.7 Å². The number of aromatic nitrogens is 1. The van der Waals surface area contributed by atoms with Gasteiger partial charge in [-0.05, 0) is 18.2 Å². The first kappa shape index (κ1) is 11.5. The Morgan fingerprint density at radius 3 is 3.00 bits per heavy atom. The van der Waals surface area contributed by atoms with Crippen molar-refractivity contribution in [1.82, 2.24) is 10.3 Å². The topological polar surface area (TPSA) is 68.0 Å².